The number of nitrogens with zero attached hydrogens (tertiary/aromatic N) is 1. The number of benzene rings is 1. The molecule has 1 aromatic rings. The Balaban J connectivity index is 2.34. The fraction of sp³-hybridized carbons (Fsp3) is 0.308. The van der Waals surface area contributed by atoms with Gasteiger partial charge in [-0.25, -0.2) is 0 Å². The first-order valence-electron chi connectivity index (χ1n) is 5.41. The zero-order valence-corrected chi connectivity index (χ0v) is 9.84. The highest BCUT2D eigenvalue weighted by Crippen LogP contribution is 2.33. The van der Waals surface area contributed by atoms with Crippen LogP contribution < -0.4 is 4.90 Å². The molecule has 1 aromatic carbocycles. The minimum absolute atomic E-state index is 0.128. The molecule has 0 radical (unpaired) electrons. The van der Waals surface area contributed by atoms with Crippen molar-refractivity contribution in [2.45, 2.75) is 18.9 Å². The van der Waals surface area contributed by atoms with E-state index in [9.17, 15) is 15.0 Å². The number of aliphatic hydroxyl groups is 2. The summed E-state index contributed by atoms with van der Waals surface area (Å²) in [6.07, 6.45) is 0.128. The highest BCUT2D eigenvalue weighted by molar-refractivity contribution is 6.03. The molecule has 0 amide bonds. The number of rotatable bonds is 2. The third-order valence-corrected chi connectivity index (χ3v) is 3.04. The molecule has 0 saturated heterocycles. The minimum atomic E-state index is -1.50. The summed E-state index contributed by atoms with van der Waals surface area (Å²) in [5, 5.41) is 19.6. The molecule has 1 aliphatic rings. The SMILES string of the molecule is CN(C1=C(O)C(=O)C(C)(O)C1)c1ccccc1. The van der Waals surface area contributed by atoms with E-state index in [2.05, 4.69) is 0 Å². The molecule has 0 spiro atoms. The number of hydrogen-bond donors (Lipinski definition) is 2. The lowest BCUT2D eigenvalue weighted by molar-refractivity contribution is -0.132. The predicted octanol–water partition coefficient (Wildman–Crippen LogP) is 1.62. The summed E-state index contributed by atoms with van der Waals surface area (Å²) in [4.78, 5) is 13.3. The van der Waals surface area contributed by atoms with Crippen LogP contribution in [0.1, 0.15) is 13.3 Å². The molecule has 2 N–H and O–H groups in total. The summed E-state index contributed by atoms with van der Waals surface area (Å²) in [5.74, 6) is -0.961. The molecule has 0 fully saturated rings. The van der Waals surface area contributed by atoms with Gasteiger partial charge in [0.15, 0.2) is 5.76 Å². The number of aliphatic hydroxyl groups excluding tert-OH is 1. The van der Waals surface area contributed by atoms with E-state index in [4.69, 9.17) is 0 Å². The van der Waals surface area contributed by atoms with Crippen molar-refractivity contribution >= 4 is 11.5 Å². The van der Waals surface area contributed by atoms with Crippen molar-refractivity contribution in [3.05, 3.63) is 41.8 Å². The number of hydrogen-bond acceptors (Lipinski definition) is 4. The molecule has 0 aromatic heterocycles. The van der Waals surface area contributed by atoms with Gasteiger partial charge in [0.2, 0.25) is 5.78 Å². The summed E-state index contributed by atoms with van der Waals surface area (Å²) in [7, 11) is 1.76. The van der Waals surface area contributed by atoms with Crippen molar-refractivity contribution in [1.82, 2.24) is 0 Å². The zero-order chi connectivity index (χ0) is 12.6. The van der Waals surface area contributed by atoms with Gasteiger partial charge in [-0.2, -0.15) is 0 Å². The lowest BCUT2D eigenvalue weighted by Gasteiger charge is -2.22. The van der Waals surface area contributed by atoms with Crippen LogP contribution in [0, 0.1) is 0 Å². The topological polar surface area (TPSA) is 60.8 Å². The van der Waals surface area contributed by atoms with Crippen LogP contribution >= 0.6 is 0 Å². The molecular formula is C13H15NO3. The molecular weight excluding hydrogens is 218 g/mol. The first kappa shape index (κ1) is 11.7. The fourth-order valence-electron chi connectivity index (χ4n) is 1.96. The second kappa shape index (κ2) is 3.89. The number of para-hydroxylation sites is 1. The lowest BCUT2D eigenvalue weighted by atomic mass is 10.0. The number of carbonyl (C=O) groups excluding carboxylic acids is 1. The van der Waals surface area contributed by atoms with Crippen LogP contribution in [0.4, 0.5) is 5.69 Å². The molecule has 0 aliphatic heterocycles. The van der Waals surface area contributed by atoms with E-state index in [1.165, 1.54) is 6.92 Å². The van der Waals surface area contributed by atoms with Crippen LogP contribution in [0.5, 0.6) is 0 Å². The van der Waals surface area contributed by atoms with Crippen LogP contribution in [0.3, 0.4) is 0 Å². The van der Waals surface area contributed by atoms with Crippen LogP contribution in [-0.4, -0.2) is 28.6 Å². The van der Waals surface area contributed by atoms with Gasteiger partial charge in [-0.05, 0) is 19.1 Å². The molecule has 90 valence electrons. The lowest BCUT2D eigenvalue weighted by Crippen LogP contribution is -2.31. The van der Waals surface area contributed by atoms with E-state index in [1.54, 1.807) is 11.9 Å². The Morgan fingerprint density at radius 1 is 1.29 bits per heavy atom. The van der Waals surface area contributed by atoms with Crippen molar-refractivity contribution in [3.63, 3.8) is 0 Å². The Kier molecular flexibility index (Phi) is 2.67. The maximum absolute atomic E-state index is 11.6. The first-order valence-corrected chi connectivity index (χ1v) is 5.41. The fourth-order valence-corrected chi connectivity index (χ4v) is 1.96. The van der Waals surface area contributed by atoms with Crippen LogP contribution in [0.25, 0.3) is 0 Å². The minimum Gasteiger partial charge on any atom is -0.503 e. The van der Waals surface area contributed by atoms with Gasteiger partial charge >= 0.3 is 0 Å². The van der Waals surface area contributed by atoms with Gasteiger partial charge < -0.3 is 15.1 Å². The smallest absolute Gasteiger partial charge is 0.230 e. The van der Waals surface area contributed by atoms with E-state index in [0.29, 0.717) is 5.70 Å². The van der Waals surface area contributed by atoms with Gasteiger partial charge in [0, 0.05) is 19.2 Å². The van der Waals surface area contributed by atoms with Crippen LogP contribution in [-0.2, 0) is 4.79 Å². The van der Waals surface area contributed by atoms with Gasteiger partial charge in [0.05, 0.1) is 5.70 Å². The number of Topliss-reactive ketones (excluding diaryl/α,β-unsaturated/α-hetero) is 1. The predicted molar refractivity (Wildman–Crippen MR) is 64.7 cm³/mol. The zero-order valence-electron chi connectivity index (χ0n) is 9.84. The maximum Gasteiger partial charge on any atom is 0.230 e. The number of ketones is 1. The standard InChI is InChI=1S/C13H15NO3/c1-13(17)8-10(11(15)12(13)16)14(2)9-6-4-3-5-7-9/h3-7,15,17H,8H2,1-2H3. The van der Waals surface area contributed by atoms with E-state index in [0.717, 1.165) is 5.69 Å². The van der Waals surface area contributed by atoms with Crippen molar-refractivity contribution < 1.29 is 15.0 Å². The molecule has 1 aliphatic carbocycles. The molecule has 4 nitrogen and oxygen atoms in total. The third-order valence-electron chi connectivity index (χ3n) is 3.04. The summed E-state index contributed by atoms with van der Waals surface area (Å²) in [6, 6.07) is 9.38. The van der Waals surface area contributed by atoms with Crippen LogP contribution in [0.15, 0.2) is 41.8 Å². The Hall–Kier alpha value is -1.81. The van der Waals surface area contributed by atoms with Crippen molar-refractivity contribution in [2.75, 3.05) is 11.9 Å². The Bertz CT molecular complexity index is 477. The molecule has 17 heavy (non-hydrogen) atoms. The highest BCUT2D eigenvalue weighted by Gasteiger charge is 2.43. The molecule has 0 heterocycles. The molecule has 4 heteroatoms. The average Bonchev–Trinajstić information content (AvgIpc) is 2.53. The number of carbonyl (C=O) groups is 1. The van der Waals surface area contributed by atoms with E-state index < -0.39 is 11.4 Å². The summed E-state index contributed by atoms with van der Waals surface area (Å²) < 4.78 is 0. The molecule has 2 rings (SSSR count). The van der Waals surface area contributed by atoms with Crippen molar-refractivity contribution in [2.24, 2.45) is 0 Å². The monoisotopic (exact) mass is 233 g/mol. The molecule has 0 bridgehead atoms. The Labute approximate surface area is 99.8 Å². The molecule has 1 atom stereocenters. The highest BCUT2D eigenvalue weighted by atomic mass is 16.3. The average molecular weight is 233 g/mol. The molecule has 1 unspecified atom stereocenters. The van der Waals surface area contributed by atoms with E-state index >= 15 is 0 Å². The number of anilines is 1. The maximum atomic E-state index is 11.6. The van der Waals surface area contributed by atoms with Gasteiger partial charge in [-0.15, -0.1) is 0 Å². The summed E-state index contributed by atoms with van der Waals surface area (Å²) in [5.41, 5.74) is -0.187. The molecule has 0 saturated carbocycles. The van der Waals surface area contributed by atoms with Crippen molar-refractivity contribution in [1.29, 1.82) is 0 Å². The first-order chi connectivity index (χ1) is 7.93. The van der Waals surface area contributed by atoms with Crippen molar-refractivity contribution in [3.8, 4) is 0 Å². The van der Waals surface area contributed by atoms with Gasteiger partial charge in [-0.3, -0.25) is 4.79 Å². The Morgan fingerprint density at radius 2 is 1.88 bits per heavy atom. The quantitative estimate of drug-likeness (QED) is 0.814. The van der Waals surface area contributed by atoms with Gasteiger partial charge in [0.1, 0.15) is 5.60 Å². The normalized spacial score (nSPS) is 24.3. The van der Waals surface area contributed by atoms with E-state index in [1.807, 2.05) is 30.3 Å². The van der Waals surface area contributed by atoms with Gasteiger partial charge in [0.25, 0.3) is 0 Å². The van der Waals surface area contributed by atoms with Crippen LogP contribution in [0.2, 0.25) is 0 Å². The van der Waals surface area contributed by atoms with Gasteiger partial charge in [-0.1, -0.05) is 18.2 Å². The second-order valence-electron chi connectivity index (χ2n) is 4.47. The van der Waals surface area contributed by atoms with E-state index in [-0.39, 0.29) is 12.2 Å². The largest absolute Gasteiger partial charge is 0.503 e. The summed E-state index contributed by atoms with van der Waals surface area (Å²) in [6.45, 7) is 1.41. The summed E-state index contributed by atoms with van der Waals surface area (Å²) >= 11 is 0. The second-order valence-corrected chi connectivity index (χ2v) is 4.47. The Morgan fingerprint density at radius 3 is 2.35 bits per heavy atom. The third kappa shape index (κ3) is 1.91.